The standard InChI is InChI=1S/C14H16ClN5O/c15-11-1-2-13(20-9-17-8-18-20)12(7-11)19-14(21)10-3-5-16-6-4-10/h1-2,7-10,16H,3-6H2,(H,19,21). The van der Waals surface area contributed by atoms with E-state index in [1.807, 2.05) is 6.07 Å². The zero-order chi connectivity index (χ0) is 14.7. The Labute approximate surface area is 127 Å². The van der Waals surface area contributed by atoms with Crippen molar-refractivity contribution in [2.75, 3.05) is 18.4 Å². The molecule has 0 radical (unpaired) electrons. The second kappa shape index (κ2) is 6.24. The van der Waals surface area contributed by atoms with E-state index in [0.717, 1.165) is 31.6 Å². The minimum absolute atomic E-state index is 0.0279. The first kappa shape index (κ1) is 14.0. The molecular formula is C14H16ClN5O. The second-order valence-corrected chi connectivity index (χ2v) is 5.45. The summed E-state index contributed by atoms with van der Waals surface area (Å²) < 4.78 is 1.61. The average Bonchev–Trinajstić information content (AvgIpc) is 3.02. The molecule has 3 rings (SSSR count). The summed E-state index contributed by atoms with van der Waals surface area (Å²) >= 11 is 6.04. The second-order valence-electron chi connectivity index (χ2n) is 5.02. The van der Waals surface area contributed by atoms with Crippen molar-refractivity contribution >= 4 is 23.2 Å². The largest absolute Gasteiger partial charge is 0.324 e. The van der Waals surface area contributed by atoms with Crippen molar-refractivity contribution in [1.29, 1.82) is 0 Å². The molecule has 0 saturated carbocycles. The summed E-state index contributed by atoms with van der Waals surface area (Å²) in [4.78, 5) is 16.3. The van der Waals surface area contributed by atoms with Crippen molar-refractivity contribution in [3.05, 3.63) is 35.9 Å². The van der Waals surface area contributed by atoms with Gasteiger partial charge in [-0.25, -0.2) is 9.67 Å². The van der Waals surface area contributed by atoms with Crippen LogP contribution in [0.2, 0.25) is 5.02 Å². The summed E-state index contributed by atoms with van der Waals surface area (Å²) in [5.41, 5.74) is 1.40. The molecule has 1 aliphatic heterocycles. The van der Waals surface area contributed by atoms with Gasteiger partial charge in [0.15, 0.2) is 0 Å². The number of carbonyl (C=O) groups excluding carboxylic acids is 1. The SMILES string of the molecule is O=C(Nc1cc(Cl)ccc1-n1cncn1)C1CCNCC1. The number of rotatable bonds is 3. The van der Waals surface area contributed by atoms with E-state index in [2.05, 4.69) is 20.7 Å². The number of hydrogen-bond donors (Lipinski definition) is 2. The van der Waals surface area contributed by atoms with Crippen LogP contribution in [0.25, 0.3) is 5.69 Å². The fourth-order valence-corrected chi connectivity index (χ4v) is 2.63. The van der Waals surface area contributed by atoms with E-state index in [0.29, 0.717) is 10.7 Å². The zero-order valence-electron chi connectivity index (χ0n) is 11.4. The van der Waals surface area contributed by atoms with E-state index in [4.69, 9.17) is 11.6 Å². The molecule has 0 atom stereocenters. The predicted octanol–water partition coefficient (Wildman–Crippen LogP) is 1.86. The van der Waals surface area contributed by atoms with Gasteiger partial charge in [0.2, 0.25) is 5.91 Å². The molecule has 1 saturated heterocycles. The Morgan fingerprint density at radius 3 is 2.90 bits per heavy atom. The maximum absolute atomic E-state index is 12.4. The van der Waals surface area contributed by atoms with E-state index >= 15 is 0 Å². The van der Waals surface area contributed by atoms with Crippen molar-refractivity contribution in [3.8, 4) is 5.69 Å². The summed E-state index contributed by atoms with van der Waals surface area (Å²) in [5, 5.41) is 10.9. The number of piperidine rings is 1. The molecule has 2 N–H and O–H groups in total. The number of nitrogens with one attached hydrogen (secondary N) is 2. The number of benzene rings is 1. The van der Waals surface area contributed by atoms with Crippen LogP contribution < -0.4 is 10.6 Å². The molecule has 1 aliphatic rings. The van der Waals surface area contributed by atoms with Gasteiger partial charge in [0.25, 0.3) is 0 Å². The van der Waals surface area contributed by atoms with E-state index in [1.54, 1.807) is 23.1 Å². The zero-order valence-corrected chi connectivity index (χ0v) is 12.2. The van der Waals surface area contributed by atoms with E-state index in [9.17, 15) is 4.79 Å². The van der Waals surface area contributed by atoms with Gasteiger partial charge in [-0.05, 0) is 44.1 Å². The highest BCUT2D eigenvalue weighted by Crippen LogP contribution is 2.25. The highest BCUT2D eigenvalue weighted by atomic mass is 35.5. The lowest BCUT2D eigenvalue weighted by Gasteiger charge is -2.22. The normalized spacial score (nSPS) is 15.9. The minimum atomic E-state index is 0.0279. The third-order valence-corrected chi connectivity index (χ3v) is 3.83. The van der Waals surface area contributed by atoms with Gasteiger partial charge in [0, 0.05) is 10.9 Å². The van der Waals surface area contributed by atoms with Crippen molar-refractivity contribution in [2.24, 2.45) is 5.92 Å². The van der Waals surface area contributed by atoms with Gasteiger partial charge in [-0.1, -0.05) is 11.6 Å². The molecule has 1 aromatic carbocycles. The summed E-state index contributed by atoms with van der Waals surface area (Å²) in [7, 11) is 0. The Hall–Kier alpha value is -1.92. The van der Waals surface area contributed by atoms with Crippen LogP contribution in [0.4, 0.5) is 5.69 Å². The smallest absolute Gasteiger partial charge is 0.227 e. The number of carbonyl (C=O) groups is 1. The fourth-order valence-electron chi connectivity index (χ4n) is 2.46. The molecule has 2 heterocycles. The van der Waals surface area contributed by atoms with E-state index in [1.165, 1.54) is 6.33 Å². The Morgan fingerprint density at radius 1 is 1.38 bits per heavy atom. The molecule has 7 heteroatoms. The Morgan fingerprint density at radius 2 is 2.19 bits per heavy atom. The van der Waals surface area contributed by atoms with Gasteiger partial charge in [-0.3, -0.25) is 4.79 Å². The first-order valence-corrected chi connectivity index (χ1v) is 7.28. The first-order chi connectivity index (χ1) is 10.2. The molecule has 0 spiro atoms. The Balaban J connectivity index is 1.84. The summed E-state index contributed by atoms with van der Waals surface area (Å²) in [5.74, 6) is 0.0639. The summed E-state index contributed by atoms with van der Waals surface area (Å²) in [6, 6.07) is 5.31. The molecule has 21 heavy (non-hydrogen) atoms. The molecule has 0 aliphatic carbocycles. The molecule has 6 nitrogen and oxygen atoms in total. The predicted molar refractivity (Wildman–Crippen MR) is 80.6 cm³/mol. The summed E-state index contributed by atoms with van der Waals surface area (Å²) in [6.07, 6.45) is 4.74. The minimum Gasteiger partial charge on any atom is -0.324 e. The van der Waals surface area contributed by atoms with Gasteiger partial charge < -0.3 is 10.6 Å². The van der Waals surface area contributed by atoms with E-state index < -0.39 is 0 Å². The van der Waals surface area contributed by atoms with Gasteiger partial charge in [-0.15, -0.1) is 0 Å². The molecule has 1 aromatic heterocycles. The number of nitrogens with zero attached hydrogens (tertiary/aromatic N) is 3. The fraction of sp³-hybridized carbons (Fsp3) is 0.357. The Bertz CT molecular complexity index is 622. The number of anilines is 1. The van der Waals surface area contributed by atoms with Crippen LogP contribution in [0.1, 0.15) is 12.8 Å². The molecule has 0 bridgehead atoms. The molecule has 2 aromatic rings. The summed E-state index contributed by atoms with van der Waals surface area (Å²) in [6.45, 7) is 1.76. The molecule has 1 amide bonds. The van der Waals surface area contributed by atoms with Gasteiger partial charge in [0.05, 0.1) is 11.4 Å². The van der Waals surface area contributed by atoms with Crippen molar-refractivity contribution < 1.29 is 4.79 Å². The van der Waals surface area contributed by atoms with Crippen LogP contribution in [0.5, 0.6) is 0 Å². The van der Waals surface area contributed by atoms with E-state index in [-0.39, 0.29) is 11.8 Å². The maximum atomic E-state index is 12.4. The number of aromatic nitrogens is 3. The first-order valence-electron chi connectivity index (χ1n) is 6.90. The lowest BCUT2D eigenvalue weighted by molar-refractivity contribution is -0.120. The van der Waals surface area contributed by atoms with Crippen molar-refractivity contribution in [2.45, 2.75) is 12.8 Å². The van der Waals surface area contributed by atoms with Crippen molar-refractivity contribution in [1.82, 2.24) is 20.1 Å². The highest BCUT2D eigenvalue weighted by Gasteiger charge is 2.22. The quantitative estimate of drug-likeness (QED) is 0.908. The molecular weight excluding hydrogens is 290 g/mol. The Kier molecular flexibility index (Phi) is 4.17. The number of amides is 1. The van der Waals surface area contributed by atoms with Gasteiger partial charge in [-0.2, -0.15) is 5.10 Å². The van der Waals surface area contributed by atoms with Crippen LogP contribution in [0.3, 0.4) is 0 Å². The third-order valence-electron chi connectivity index (χ3n) is 3.59. The van der Waals surface area contributed by atoms with Crippen LogP contribution in [-0.4, -0.2) is 33.8 Å². The van der Waals surface area contributed by atoms with Crippen LogP contribution in [0, 0.1) is 5.92 Å². The van der Waals surface area contributed by atoms with Gasteiger partial charge in [0.1, 0.15) is 12.7 Å². The number of hydrogen-bond acceptors (Lipinski definition) is 4. The lowest BCUT2D eigenvalue weighted by atomic mass is 9.97. The average molecular weight is 306 g/mol. The molecule has 1 fully saturated rings. The monoisotopic (exact) mass is 305 g/mol. The van der Waals surface area contributed by atoms with Crippen LogP contribution in [0.15, 0.2) is 30.9 Å². The highest BCUT2D eigenvalue weighted by molar-refractivity contribution is 6.31. The molecule has 0 unspecified atom stereocenters. The lowest BCUT2D eigenvalue weighted by Crippen LogP contribution is -2.34. The topological polar surface area (TPSA) is 71.8 Å². The van der Waals surface area contributed by atoms with Crippen molar-refractivity contribution in [3.63, 3.8) is 0 Å². The third kappa shape index (κ3) is 3.22. The molecule has 110 valence electrons. The number of halogens is 1. The van der Waals surface area contributed by atoms with Crippen LogP contribution in [-0.2, 0) is 4.79 Å². The van der Waals surface area contributed by atoms with Gasteiger partial charge >= 0.3 is 0 Å². The van der Waals surface area contributed by atoms with Crippen LogP contribution >= 0.6 is 11.6 Å². The maximum Gasteiger partial charge on any atom is 0.227 e.